The van der Waals surface area contributed by atoms with Gasteiger partial charge in [-0.15, -0.1) is 0 Å². The molecular weight excluding hydrogens is 308 g/mol. The van der Waals surface area contributed by atoms with E-state index in [9.17, 15) is 9.59 Å². The van der Waals surface area contributed by atoms with Crippen LogP contribution < -0.4 is 19.7 Å². The maximum absolute atomic E-state index is 12.3. The fourth-order valence-electron chi connectivity index (χ4n) is 2.96. The monoisotopic (exact) mass is 332 g/mol. The van der Waals surface area contributed by atoms with E-state index < -0.39 is 0 Å². The molecule has 0 aromatic heterocycles. The van der Waals surface area contributed by atoms with Crippen LogP contribution in [0.2, 0.25) is 0 Å². The van der Waals surface area contributed by atoms with Gasteiger partial charge < -0.3 is 19.7 Å². The number of rotatable bonds is 5. The second-order valence-electron chi connectivity index (χ2n) is 6.71. The lowest BCUT2D eigenvalue weighted by atomic mass is 10.1. The minimum absolute atomic E-state index is 0.0318. The van der Waals surface area contributed by atoms with E-state index in [2.05, 4.69) is 19.2 Å². The molecule has 0 unspecified atom stereocenters. The summed E-state index contributed by atoms with van der Waals surface area (Å²) in [5.41, 5.74) is 0.752. The SMILES string of the molecule is CC(C)CCNC(=O)[C@@H]1CC(=O)N(c2ccc3c(c2)OCCO3)C1. The largest absolute Gasteiger partial charge is 0.486 e. The van der Waals surface area contributed by atoms with Crippen molar-refractivity contribution in [3.63, 3.8) is 0 Å². The summed E-state index contributed by atoms with van der Waals surface area (Å²) in [5.74, 6) is 1.53. The Bertz CT molecular complexity index is 629. The van der Waals surface area contributed by atoms with Crippen LogP contribution in [0.25, 0.3) is 0 Å². The van der Waals surface area contributed by atoms with Crippen molar-refractivity contribution in [1.29, 1.82) is 0 Å². The van der Waals surface area contributed by atoms with Gasteiger partial charge in [0.2, 0.25) is 11.8 Å². The van der Waals surface area contributed by atoms with Gasteiger partial charge in [-0.3, -0.25) is 9.59 Å². The normalized spacial score (nSPS) is 19.7. The molecule has 1 aromatic rings. The molecule has 3 rings (SSSR count). The predicted octanol–water partition coefficient (Wildman–Crippen LogP) is 1.97. The van der Waals surface area contributed by atoms with Crippen LogP contribution in [0.15, 0.2) is 18.2 Å². The highest BCUT2D eigenvalue weighted by Crippen LogP contribution is 2.35. The Morgan fingerprint density at radius 2 is 2.04 bits per heavy atom. The fraction of sp³-hybridized carbons (Fsp3) is 0.556. The molecule has 130 valence electrons. The summed E-state index contributed by atoms with van der Waals surface area (Å²) in [6, 6.07) is 5.46. The van der Waals surface area contributed by atoms with Crippen molar-refractivity contribution in [1.82, 2.24) is 5.32 Å². The number of nitrogens with zero attached hydrogens (tertiary/aromatic N) is 1. The average Bonchev–Trinajstić information content (AvgIpc) is 2.96. The van der Waals surface area contributed by atoms with Crippen LogP contribution in [-0.4, -0.2) is 38.1 Å². The van der Waals surface area contributed by atoms with E-state index in [1.54, 1.807) is 4.90 Å². The maximum Gasteiger partial charge on any atom is 0.227 e. The summed E-state index contributed by atoms with van der Waals surface area (Å²) >= 11 is 0. The van der Waals surface area contributed by atoms with E-state index in [4.69, 9.17) is 9.47 Å². The van der Waals surface area contributed by atoms with Crippen molar-refractivity contribution >= 4 is 17.5 Å². The Hall–Kier alpha value is -2.24. The summed E-state index contributed by atoms with van der Waals surface area (Å²) in [6.45, 7) is 6.35. The number of benzene rings is 1. The third kappa shape index (κ3) is 3.63. The number of hydrogen-bond donors (Lipinski definition) is 1. The second-order valence-corrected chi connectivity index (χ2v) is 6.71. The van der Waals surface area contributed by atoms with E-state index in [0.717, 1.165) is 12.1 Å². The van der Waals surface area contributed by atoms with Crippen LogP contribution in [0.4, 0.5) is 5.69 Å². The number of carbonyl (C=O) groups is 2. The van der Waals surface area contributed by atoms with Gasteiger partial charge in [0.05, 0.1) is 5.92 Å². The lowest BCUT2D eigenvalue weighted by molar-refractivity contribution is -0.126. The van der Waals surface area contributed by atoms with Crippen LogP contribution in [-0.2, 0) is 9.59 Å². The molecule has 2 aliphatic heterocycles. The smallest absolute Gasteiger partial charge is 0.227 e. The number of hydrogen-bond acceptors (Lipinski definition) is 4. The van der Waals surface area contributed by atoms with Crippen molar-refractivity contribution in [2.24, 2.45) is 11.8 Å². The molecule has 0 aliphatic carbocycles. The summed E-state index contributed by atoms with van der Waals surface area (Å²) in [4.78, 5) is 26.2. The number of carbonyl (C=O) groups excluding carboxylic acids is 2. The van der Waals surface area contributed by atoms with Gasteiger partial charge in [-0.2, -0.15) is 0 Å². The van der Waals surface area contributed by atoms with Crippen molar-refractivity contribution in [3.05, 3.63) is 18.2 Å². The molecule has 6 heteroatoms. The Morgan fingerprint density at radius 1 is 1.29 bits per heavy atom. The summed E-state index contributed by atoms with van der Waals surface area (Å²) in [6.07, 6.45) is 1.19. The lowest BCUT2D eigenvalue weighted by Gasteiger charge is -2.22. The Morgan fingerprint density at radius 3 is 2.79 bits per heavy atom. The Balaban J connectivity index is 1.63. The molecule has 2 aliphatic rings. The quantitative estimate of drug-likeness (QED) is 0.895. The van der Waals surface area contributed by atoms with E-state index in [1.165, 1.54) is 0 Å². The molecule has 0 spiro atoms. The van der Waals surface area contributed by atoms with Crippen LogP contribution in [0.1, 0.15) is 26.7 Å². The molecule has 1 N–H and O–H groups in total. The molecule has 0 radical (unpaired) electrons. The van der Waals surface area contributed by atoms with Crippen LogP contribution >= 0.6 is 0 Å². The molecule has 0 saturated carbocycles. The topological polar surface area (TPSA) is 67.9 Å². The second kappa shape index (κ2) is 7.11. The summed E-state index contributed by atoms with van der Waals surface area (Å²) in [5, 5.41) is 2.94. The van der Waals surface area contributed by atoms with Gasteiger partial charge in [0.1, 0.15) is 13.2 Å². The minimum atomic E-state index is -0.294. The fourth-order valence-corrected chi connectivity index (χ4v) is 2.96. The third-order valence-electron chi connectivity index (χ3n) is 4.35. The first-order valence-corrected chi connectivity index (χ1v) is 8.52. The van der Waals surface area contributed by atoms with E-state index in [0.29, 0.717) is 43.7 Å². The highest BCUT2D eigenvalue weighted by molar-refractivity contribution is 6.00. The molecular formula is C18H24N2O4. The number of nitrogens with one attached hydrogen (secondary N) is 1. The van der Waals surface area contributed by atoms with Gasteiger partial charge >= 0.3 is 0 Å². The van der Waals surface area contributed by atoms with E-state index in [-0.39, 0.29) is 24.2 Å². The zero-order valence-corrected chi connectivity index (χ0v) is 14.2. The van der Waals surface area contributed by atoms with Crippen LogP contribution in [0.5, 0.6) is 11.5 Å². The molecule has 1 saturated heterocycles. The molecule has 0 bridgehead atoms. The van der Waals surface area contributed by atoms with Gasteiger partial charge in [0.15, 0.2) is 11.5 Å². The maximum atomic E-state index is 12.3. The molecule has 1 fully saturated rings. The van der Waals surface area contributed by atoms with Crippen LogP contribution in [0, 0.1) is 11.8 Å². The molecule has 1 aromatic carbocycles. The predicted molar refractivity (Wildman–Crippen MR) is 90.4 cm³/mol. The molecule has 24 heavy (non-hydrogen) atoms. The van der Waals surface area contributed by atoms with Gasteiger partial charge in [0, 0.05) is 31.3 Å². The van der Waals surface area contributed by atoms with E-state index in [1.807, 2.05) is 18.2 Å². The number of amides is 2. The molecule has 2 amide bonds. The third-order valence-corrected chi connectivity index (χ3v) is 4.35. The first kappa shape index (κ1) is 16.6. The molecule has 6 nitrogen and oxygen atoms in total. The first-order chi connectivity index (χ1) is 11.5. The number of fused-ring (bicyclic) bond motifs is 1. The average molecular weight is 332 g/mol. The van der Waals surface area contributed by atoms with Crippen molar-refractivity contribution in [3.8, 4) is 11.5 Å². The molecule has 1 atom stereocenters. The van der Waals surface area contributed by atoms with Gasteiger partial charge in [-0.05, 0) is 24.5 Å². The Labute approximate surface area is 142 Å². The van der Waals surface area contributed by atoms with Crippen molar-refractivity contribution in [2.75, 3.05) is 31.2 Å². The first-order valence-electron chi connectivity index (χ1n) is 8.52. The number of anilines is 1. The minimum Gasteiger partial charge on any atom is -0.486 e. The lowest BCUT2D eigenvalue weighted by Crippen LogP contribution is -2.33. The van der Waals surface area contributed by atoms with Gasteiger partial charge in [-0.1, -0.05) is 13.8 Å². The highest BCUT2D eigenvalue weighted by atomic mass is 16.6. The van der Waals surface area contributed by atoms with Gasteiger partial charge in [-0.25, -0.2) is 0 Å². The van der Waals surface area contributed by atoms with Gasteiger partial charge in [0.25, 0.3) is 0 Å². The summed E-state index contributed by atoms with van der Waals surface area (Å²) < 4.78 is 11.1. The zero-order valence-electron chi connectivity index (χ0n) is 14.2. The number of ether oxygens (including phenoxy) is 2. The van der Waals surface area contributed by atoms with Crippen molar-refractivity contribution < 1.29 is 19.1 Å². The Kier molecular flexibility index (Phi) is 4.92. The highest BCUT2D eigenvalue weighted by Gasteiger charge is 2.35. The zero-order chi connectivity index (χ0) is 17.1. The molecule has 2 heterocycles. The van der Waals surface area contributed by atoms with Crippen molar-refractivity contribution in [2.45, 2.75) is 26.7 Å². The summed E-state index contributed by atoms with van der Waals surface area (Å²) in [7, 11) is 0. The van der Waals surface area contributed by atoms with E-state index >= 15 is 0 Å². The van der Waals surface area contributed by atoms with Crippen LogP contribution in [0.3, 0.4) is 0 Å². The standard InChI is InChI=1S/C18H24N2O4/c1-12(2)5-6-19-18(22)13-9-17(21)20(11-13)14-3-4-15-16(10-14)24-8-7-23-15/h3-4,10,12-13H,5-9,11H2,1-2H3,(H,19,22)/t13-/m1/s1.